The third kappa shape index (κ3) is 3.91. The quantitative estimate of drug-likeness (QED) is 0.913. The molecule has 4 nitrogen and oxygen atoms in total. The van der Waals surface area contributed by atoms with E-state index in [9.17, 15) is 0 Å². The van der Waals surface area contributed by atoms with E-state index in [-0.39, 0.29) is 5.41 Å². The zero-order chi connectivity index (χ0) is 15.5. The Kier molecular flexibility index (Phi) is 4.78. The van der Waals surface area contributed by atoms with E-state index in [0.717, 1.165) is 42.4 Å². The molecule has 0 amide bonds. The van der Waals surface area contributed by atoms with Crippen molar-refractivity contribution in [3.05, 3.63) is 35.7 Å². The minimum Gasteiger partial charge on any atom is -0.298 e. The van der Waals surface area contributed by atoms with Crippen LogP contribution in [0, 0.1) is 0 Å². The summed E-state index contributed by atoms with van der Waals surface area (Å²) >= 11 is 0. The third-order valence-electron chi connectivity index (χ3n) is 3.74. The van der Waals surface area contributed by atoms with Gasteiger partial charge in [0.1, 0.15) is 5.69 Å². The number of rotatable bonds is 5. The number of nitrogens with zero attached hydrogens (tertiary/aromatic N) is 3. The van der Waals surface area contributed by atoms with Gasteiger partial charge < -0.3 is 0 Å². The summed E-state index contributed by atoms with van der Waals surface area (Å²) in [6.07, 6.45) is 0. The molecule has 0 aliphatic heterocycles. The van der Waals surface area contributed by atoms with Crippen molar-refractivity contribution in [1.82, 2.24) is 20.1 Å². The smallest absolute Gasteiger partial charge is 0.111 e. The maximum Gasteiger partial charge on any atom is 0.111 e. The lowest BCUT2D eigenvalue weighted by molar-refractivity contribution is 0.292. The summed E-state index contributed by atoms with van der Waals surface area (Å²) in [6.45, 7) is 13.8. The summed E-state index contributed by atoms with van der Waals surface area (Å²) < 4.78 is 0. The van der Waals surface area contributed by atoms with Gasteiger partial charge in [0.2, 0.25) is 0 Å². The maximum atomic E-state index is 4.75. The second-order valence-corrected chi connectivity index (χ2v) is 6.39. The Morgan fingerprint density at radius 3 is 2.38 bits per heavy atom. The molecule has 0 fully saturated rings. The molecule has 1 N–H and O–H groups in total. The predicted octanol–water partition coefficient (Wildman–Crippen LogP) is 3.61. The summed E-state index contributed by atoms with van der Waals surface area (Å²) in [4.78, 5) is 7.11. The molecule has 114 valence electrons. The van der Waals surface area contributed by atoms with Crippen LogP contribution >= 0.6 is 0 Å². The topological polar surface area (TPSA) is 44.8 Å². The van der Waals surface area contributed by atoms with Crippen molar-refractivity contribution in [2.45, 2.75) is 46.6 Å². The predicted molar refractivity (Wildman–Crippen MR) is 87.1 cm³/mol. The van der Waals surface area contributed by atoms with Gasteiger partial charge in [-0.1, -0.05) is 40.7 Å². The Labute approximate surface area is 127 Å². The fraction of sp³-hybridized carbons (Fsp3) is 0.529. The largest absolute Gasteiger partial charge is 0.298 e. The monoisotopic (exact) mass is 286 g/mol. The Morgan fingerprint density at radius 1 is 1.10 bits per heavy atom. The number of H-pyrrole nitrogens is 1. The molecule has 0 aliphatic rings. The van der Waals surface area contributed by atoms with Crippen molar-refractivity contribution in [3.8, 4) is 11.4 Å². The van der Waals surface area contributed by atoms with Gasteiger partial charge in [-0.15, -0.1) is 0 Å². The van der Waals surface area contributed by atoms with Gasteiger partial charge >= 0.3 is 0 Å². The summed E-state index contributed by atoms with van der Waals surface area (Å²) in [5.74, 6) is 0. The molecule has 0 aliphatic carbocycles. The standard InChI is InChI=1S/C17H26N4/c1-6-21(7-2)12-13-9-8-10-14(18-13)15-11-16(20-19-15)17(3,4)5/h8-11H,6-7,12H2,1-5H3,(H,19,20). The SMILES string of the molecule is CCN(CC)Cc1cccc(-c2cc(C(C)(C)C)[nH]n2)n1. The molecule has 0 unspecified atom stereocenters. The molecular weight excluding hydrogens is 260 g/mol. The fourth-order valence-electron chi connectivity index (χ4n) is 2.22. The van der Waals surface area contributed by atoms with Gasteiger partial charge in [0.25, 0.3) is 0 Å². The molecule has 0 atom stereocenters. The zero-order valence-corrected chi connectivity index (χ0v) is 13.8. The Balaban J connectivity index is 2.23. The summed E-state index contributed by atoms with van der Waals surface area (Å²) in [5.41, 5.74) is 4.15. The van der Waals surface area contributed by atoms with E-state index in [0.29, 0.717) is 0 Å². The highest BCUT2D eigenvalue weighted by Gasteiger charge is 2.17. The lowest BCUT2D eigenvalue weighted by Gasteiger charge is -2.17. The Morgan fingerprint density at radius 2 is 1.81 bits per heavy atom. The third-order valence-corrected chi connectivity index (χ3v) is 3.74. The summed E-state index contributed by atoms with van der Waals surface area (Å²) in [7, 11) is 0. The summed E-state index contributed by atoms with van der Waals surface area (Å²) in [6, 6.07) is 8.27. The van der Waals surface area contributed by atoms with Crippen LogP contribution in [0.5, 0.6) is 0 Å². The molecule has 0 aromatic carbocycles. The Bertz CT molecular complexity index is 576. The van der Waals surface area contributed by atoms with Crippen molar-refractivity contribution in [2.75, 3.05) is 13.1 Å². The highest BCUT2D eigenvalue weighted by Crippen LogP contribution is 2.24. The molecule has 2 heterocycles. The van der Waals surface area contributed by atoms with Crippen molar-refractivity contribution in [3.63, 3.8) is 0 Å². The van der Waals surface area contributed by atoms with Crippen LogP contribution < -0.4 is 0 Å². The van der Waals surface area contributed by atoms with Crippen LogP contribution in [0.25, 0.3) is 11.4 Å². The first-order valence-electron chi connectivity index (χ1n) is 7.68. The first kappa shape index (κ1) is 15.7. The van der Waals surface area contributed by atoms with Crippen LogP contribution in [-0.4, -0.2) is 33.2 Å². The number of aromatic amines is 1. The number of hydrogen-bond acceptors (Lipinski definition) is 3. The molecule has 0 saturated carbocycles. The highest BCUT2D eigenvalue weighted by molar-refractivity contribution is 5.54. The van der Waals surface area contributed by atoms with Crippen LogP contribution in [0.1, 0.15) is 46.0 Å². The molecule has 4 heteroatoms. The van der Waals surface area contributed by atoms with Gasteiger partial charge in [0, 0.05) is 17.7 Å². The van der Waals surface area contributed by atoms with E-state index in [1.165, 1.54) is 0 Å². The lowest BCUT2D eigenvalue weighted by atomic mass is 9.92. The van der Waals surface area contributed by atoms with Gasteiger partial charge in [0.05, 0.1) is 11.4 Å². The fourth-order valence-corrected chi connectivity index (χ4v) is 2.22. The van der Waals surface area contributed by atoms with Crippen LogP contribution in [0.3, 0.4) is 0 Å². The van der Waals surface area contributed by atoms with Crippen molar-refractivity contribution in [1.29, 1.82) is 0 Å². The minimum atomic E-state index is 0.0735. The lowest BCUT2D eigenvalue weighted by Crippen LogP contribution is -2.22. The molecule has 0 bridgehead atoms. The maximum absolute atomic E-state index is 4.75. The van der Waals surface area contributed by atoms with Gasteiger partial charge in [-0.2, -0.15) is 5.10 Å². The molecular formula is C17H26N4. The zero-order valence-electron chi connectivity index (χ0n) is 13.8. The van der Waals surface area contributed by atoms with Gasteiger partial charge in [0.15, 0.2) is 0 Å². The van der Waals surface area contributed by atoms with E-state index >= 15 is 0 Å². The van der Waals surface area contributed by atoms with Gasteiger partial charge in [-0.25, -0.2) is 4.98 Å². The molecule has 21 heavy (non-hydrogen) atoms. The first-order chi connectivity index (χ1) is 9.94. The Hall–Kier alpha value is -1.68. The van der Waals surface area contributed by atoms with Crippen LogP contribution in [0.15, 0.2) is 24.3 Å². The van der Waals surface area contributed by atoms with E-state index < -0.39 is 0 Å². The van der Waals surface area contributed by atoms with Crippen LogP contribution in [0.2, 0.25) is 0 Å². The molecule has 2 rings (SSSR count). The second-order valence-electron chi connectivity index (χ2n) is 6.39. The number of pyridine rings is 1. The number of nitrogens with one attached hydrogen (secondary N) is 1. The molecule has 0 saturated heterocycles. The highest BCUT2D eigenvalue weighted by atomic mass is 15.1. The molecule has 0 spiro atoms. The molecule has 2 aromatic heterocycles. The van der Waals surface area contributed by atoms with Gasteiger partial charge in [-0.05, 0) is 31.3 Å². The van der Waals surface area contributed by atoms with Crippen molar-refractivity contribution >= 4 is 0 Å². The molecule has 0 radical (unpaired) electrons. The average molecular weight is 286 g/mol. The van der Waals surface area contributed by atoms with E-state index in [2.05, 4.69) is 67.9 Å². The van der Waals surface area contributed by atoms with Crippen molar-refractivity contribution in [2.24, 2.45) is 0 Å². The van der Waals surface area contributed by atoms with E-state index in [1.807, 2.05) is 6.07 Å². The van der Waals surface area contributed by atoms with Crippen LogP contribution in [0.4, 0.5) is 0 Å². The van der Waals surface area contributed by atoms with E-state index in [4.69, 9.17) is 4.98 Å². The number of hydrogen-bond donors (Lipinski definition) is 1. The number of aromatic nitrogens is 3. The van der Waals surface area contributed by atoms with Crippen LogP contribution in [-0.2, 0) is 12.0 Å². The minimum absolute atomic E-state index is 0.0735. The van der Waals surface area contributed by atoms with Gasteiger partial charge in [-0.3, -0.25) is 10.00 Å². The second kappa shape index (κ2) is 6.39. The normalized spacial score (nSPS) is 12.1. The van der Waals surface area contributed by atoms with E-state index in [1.54, 1.807) is 0 Å². The molecule has 2 aromatic rings. The first-order valence-corrected chi connectivity index (χ1v) is 7.68. The average Bonchev–Trinajstić information content (AvgIpc) is 2.95. The van der Waals surface area contributed by atoms with Crippen molar-refractivity contribution < 1.29 is 0 Å². The summed E-state index contributed by atoms with van der Waals surface area (Å²) in [5, 5.41) is 7.54.